The van der Waals surface area contributed by atoms with Crippen molar-refractivity contribution in [2.45, 2.75) is 0 Å². The summed E-state index contributed by atoms with van der Waals surface area (Å²) in [6.07, 6.45) is 0.265. The lowest BCUT2D eigenvalue weighted by molar-refractivity contribution is -0.131. The first-order chi connectivity index (χ1) is 7.79. The number of aldehydes is 1. The highest BCUT2D eigenvalue weighted by Crippen LogP contribution is 2.20. The van der Waals surface area contributed by atoms with Gasteiger partial charge in [0.05, 0.1) is 0 Å². The second-order valence-electron chi connectivity index (χ2n) is 3.38. The Morgan fingerprint density at radius 3 is 2.62 bits per heavy atom. The summed E-state index contributed by atoms with van der Waals surface area (Å²) in [5.41, 5.74) is 0. The van der Waals surface area contributed by atoms with E-state index in [-0.39, 0.29) is 12.9 Å². The molecule has 0 bridgehead atoms. The lowest BCUT2D eigenvalue weighted by Gasteiger charge is -2.04. The van der Waals surface area contributed by atoms with E-state index in [9.17, 15) is 9.59 Å². The zero-order chi connectivity index (χ0) is 11.4. The first-order valence-corrected chi connectivity index (χ1v) is 4.89. The number of rotatable bonds is 4. The third-order valence-electron chi connectivity index (χ3n) is 2.23. The molecular weight excluding hydrogens is 204 g/mol. The maximum Gasteiger partial charge on any atom is 0.232 e. The highest BCUT2D eigenvalue weighted by molar-refractivity contribution is 6.25. The average molecular weight is 214 g/mol. The molecule has 0 N–H and O–H groups in total. The van der Waals surface area contributed by atoms with Gasteiger partial charge in [-0.05, 0) is 22.9 Å². The Labute approximate surface area is 92.6 Å². The van der Waals surface area contributed by atoms with Gasteiger partial charge < -0.3 is 4.74 Å². The molecule has 2 aromatic carbocycles. The SMILES string of the molecule is O=CC(=O)COc1ccc2ccccc2c1. The van der Waals surface area contributed by atoms with Crippen LogP contribution in [0.3, 0.4) is 0 Å². The van der Waals surface area contributed by atoms with Gasteiger partial charge in [-0.3, -0.25) is 9.59 Å². The lowest BCUT2D eigenvalue weighted by atomic mass is 10.1. The molecule has 0 fully saturated rings. The molecule has 0 aromatic heterocycles. The fourth-order valence-electron chi connectivity index (χ4n) is 1.45. The molecule has 0 unspecified atom stereocenters. The van der Waals surface area contributed by atoms with Gasteiger partial charge in [0, 0.05) is 0 Å². The topological polar surface area (TPSA) is 43.4 Å². The molecule has 0 saturated carbocycles. The van der Waals surface area contributed by atoms with Crippen LogP contribution in [-0.2, 0) is 9.59 Å². The fourth-order valence-corrected chi connectivity index (χ4v) is 1.45. The number of carbonyl (C=O) groups is 2. The van der Waals surface area contributed by atoms with Gasteiger partial charge in [0.2, 0.25) is 5.78 Å². The largest absolute Gasteiger partial charge is 0.485 e. The highest BCUT2D eigenvalue weighted by Gasteiger charge is 2.01. The monoisotopic (exact) mass is 214 g/mol. The van der Waals surface area contributed by atoms with E-state index < -0.39 is 5.78 Å². The number of hydrogen-bond donors (Lipinski definition) is 0. The van der Waals surface area contributed by atoms with Crippen molar-refractivity contribution in [3.05, 3.63) is 42.5 Å². The van der Waals surface area contributed by atoms with Crippen molar-refractivity contribution in [2.75, 3.05) is 6.61 Å². The van der Waals surface area contributed by atoms with Crippen molar-refractivity contribution in [1.82, 2.24) is 0 Å². The van der Waals surface area contributed by atoms with Gasteiger partial charge in [-0.1, -0.05) is 30.3 Å². The number of Topliss-reactive ketones (excluding diaryl/α,β-unsaturated/α-hetero) is 1. The predicted octanol–water partition coefficient (Wildman–Crippen LogP) is 1.99. The Balaban J connectivity index is 2.19. The van der Waals surface area contributed by atoms with Crippen LogP contribution in [-0.4, -0.2) is 18.7 Å². The molecule has 80 valence electrons. The molecule has 0 amide bonds. The van der Waals surface area contributed by atoms with Crippen LogP contribution in [0.25, 0.3) is 10.8 Å². The first kappa shape index (κ1) is 10.4. The molecule has 0 spiro atoms. The molecular formula is C13H10O3. The fraction of sp³-hybridized carbons (Fsp3) is 0.0769. The molecule has 3 nitrogen and oxygen atoms in total. The molecule has 2 aromatic rings. The van der Waals surface area contributed by atoms with Gasteiger partial charge in [-0.25, -0.2) is 0 Å². The summed E-state index contributed by atoms with van der Waals surface area (Å²) in [4.78, 5) is 20.9. The van der Waals surface area contributed by atoms with Crippen molar-refractivity contribution < 1.29 is 14.3 Å². The highest BCUT2D eigenvalue weighted by atomic mass is 16.5. The van der Waals surface area contributed by atoms with Crippen molar-refractivity contribution in [3.8, 4) is 5.75 Å². The number of carbonyl (C=O) groups excluding carboxylic acids is 2. The number of ether oxygens (including phenoxy) is 1. The normalized spacial score (nSPS) is 10.0. The zero-order valence-corrected chi connectivity index (χ0v) is 8.55. The minimum absolute atomic E-state index is 0.207. The number of hydrogen-bond acceptors (Lipinski definition) is 3. The molecule has 0 heterocycles. The minimum Gasteiger partial charge on any atom is -0.485 e. The molecule has 0 radical (unpaired) electrons. The Bertz CT molecular complexity index is 531. The van der Waals surface area contributed by atoms with E-state index in [0.717, 1.165) is 10.8 Å². The van der Waals surface area contributed by atoms with Gasteiger partial charge in [0.1, 0.15) is 5.75 Å². The summed E-state index contributed by atoms with van der Waals surface area (Å²) < 4.78 is 5.19. The first-order valence-electron chi connectivity index (χ1n) is 4.89. The van der Waals surface area contributed by atoms with Gasteiger partial charge >= 0.3 is 0 Å². The zero-order valence-electron chi connectivity index (χ0n) is 8.55. The molecule has 0 aliphatic heterocycles. The van der Waals surface area contributed by atoms with Gasteiger partial charge in [-0.15, -0.1) is 0 Å². The second-order valence-corrected chi connectivity index (χ2v) is 3.38. The minimum atomic E-state index is -0.562. The maximum atomic E-state index is 10.8. The molecule has 0 aliphatic carbocycles. The molecule has 3 heteroatoms. The summed E-state index contributed by atoms with van der Waals surface area (Å²) in [5.74, 6) is 0.0297. The summed E-state index contributed by atoms with van der Waals surface area (Å²) in [6, 6.07) is 13.4. The average Bonchev–Trinajstić information content (AvgIpc) is 2.35. The van der Waals surface area contributed by atoms with E-state index in [0.29, 0.717) is 5.75 Å². The van der Waals surface area contributed by atoms with E-state index >= 15 is 0 Å². The van der Waals surface area contributed by atoms with Gasteiger partial charge in [0.25, 0.3) is 0 Å². The van der Waals surface area contributed by atoms with Crippen LogP contribution in [0.2, 0.25) is 0 Å². The molecule has 16 heavy (non-hydrogen) atoms. The van der Waals surface area contributed by atoms with Crippen molar-refractivity contribution in [1.29, 1.82) is 0 Å². The molecule has 0 saturated heterocycles. The smallest absolute Gasteiger partial charge is 0.232 e. The third kappa shape index (κ3) is 2.25. The van der Waals surface area contributed by atoms with Crippen LogP contribution >= 0.6 is 0 Å². The molecule has 0 atom stereocenters. The van der Waals surface area contributed by atoms with Crippen molar-refractivity contribution in [3.63, 3.8) is 0 Å². The maximum absolute atomic E-state index is 10.8. The molecule has 2 rings (SSSR count). The van der Waals surface area contributed by atoms with E-state index in [2.05, 4.69) is 0 Å². The summed E-state index contributed by atoms with van der Waals surface area (Å²) in [5, 5.41) is 2.15. The van der Waals surface area contributed by atoms with Crippen LogP contribution in [0.4, 0.5) is 0 Å². The van der Waals surface area contributed by atoms with Crippen molar-refractivity contribution >= 4 is 22.8 Å². The van der Waals surface area contributed by atoms with Gasteiger partial charge in [-0.2, -0.15) is 0 Å². The van der Waals surface area contributed by atoms with Crippen LogP contribution in [0.5, 0.6) is 5.75 Å². The van der Waals surface area contributed by atoms with Crippen LogP contribution in [0.15, 0.2) is 42.5 Å². The lowest BCUT2D eigenvalue weighted by Crippen LogP contribution is -2.11. The van der Waals surface area contributed by atoms with E-state index in [1.165, 1.54) is 0 Å². The third-order valence-corrected chi connectivity index (χ3v) is 2.23. The Morgan fingerprint density at radius 1 is 1.12 bits per heavy atom. The summed E-state index contributed by atoms with van der Waals surface area (Å²) in [7, 11) is 0. The Kier molecular flexibility index (Phi) is 2.96. The van der Waals surface area contributed by atoms with Gasteiger partial charge in [0.15, 0.2) is 12.9 Å². The van der Waals surface area contributed by atoms with E-state index in [4.69, 9.17) is 4.74 Å². The number of benzene rings is 2. The number of fused-ring (bicyclic) bond motifs is 1. The Morgan fingerprint density at radius 2 is 1.88 bits per heavy atom. The van der Waals surface area contributed by atoms with Crippen LogP contribution < -0.4 is 4.74 Å². The van der Waals surface area contributed by atoms with Crippen molar-refractivity contribution in [2.24, 2.45) is 0 Å². The predicted molar refractivity (Wildman–Crippen MR) is 60.5 cm³/mol. The standard InChI is InChI=1S/C13H10O3/c14-8-12(15)9-16-13-6-5-10-3-1-2-4-11(10)7-13/h1-8H,9H2. The summed E-state index contributed by atoms with van der Waals surface area (Å²) >= 11 is 0. The number of ketones is 1. The molecule has 0 aliphatic rings. The quantitative estimate of drug-likeness (QED) is 0.577. The van der Waals surface area contributed by atoms with E-state index in [1.807, 2.05) is 36.4 Å². The van der Waals surface area contributed by atoms with Crippen LogP contribution in [0, 0.1) is 0 Å². The second kappa shape index (κ2) is 4.57. The van der Waals surface area contributed by atoms with E-state index in [1.54, 1.807) is 6.07 Å². The summed E-state index contributed by atoms with van der Waals surface area (Å²) in [6.45, 7) is -0.207. The van der Waals surface area contributed by atoms with Crippen LogP contribution in [0.1, 0.15) is 0 Å². The Hall–Kier alpha value is -2.16.